The molecule has 0 fully saturated rings. The highest BCUT2D eigenvalue weighted by Crippen LogP contribution is 2.26. The standard InChI is InChI=1S/C18H18F2N4/c1-12(15-10-22-24(2)11-15)23-18(14-4-3-7-21-9-14)13-5-6-16(19)17(20)8-13/h3-12,18,23H,1-2H3/t12-,18-/m0/s1. The van der Waals surface area contributed by atoms with E-state index < -0.39 is 11.6 Å². The molecule has 1 aromatic carbocycles. The van der Waals surface area contributed by atoms with Gasteiger partial charge in [-0.15, -0.1) is 0 Å². The molecular weight excluding hydrogens is 310 g/mol. The fourth-order valence-electron chi connectivity index (χ4n) is 2.63. The molecule has 0 aliphatic rings. The molecule has 0 amide bonds. The second kappa shape index (κ2) is 6.88. The Bertz CT molecular complexity index is 817. The van der Waals surface area contributed by atoms with Gasteiger partial charge >= 0.3 is 0 Å². The lowest BCUT2D eigenvalue weighted by Gasteiger charge is -2.23. The van der Waals surface area contributed by atoms with Crippen molar-refractivity contribution < 1.29 is 8.78 Å². The van der Waals surface area contributed by atoms with Crippen LogP contribution in [0.1, 0.15) is 35.7 Å². The molecule has 6 heteroatoms. The van der Waals surface area contributed by atoms with E-state index in [1.807, 2.05) is 32.3 Å². The molecule has 4 nitrogen and oxygen atoms in total. The molecule has 24 heavy (non-hydrogen) atoms. The second-order valence-electron chi connectivity index (χ2n) is 5.73. The van der Waals surface area contributed by atoms with Crippen molar-refractivity contribution in [1.82, 2.24) is 20.1 Å². The number of aromatic nitrogens is 3. The second-order valence-corrected chi connectivity index (χ2v) is 5.73. The highest BCUT2D eigenvalue weighted by molar-refractivity contribution is 5.31. The normalized spacial score (nSPS) is 13.7. The summed E-state index contributed by atoms with van der Waals surface area (Å²) >= 11 is 0. The molecule has 0 unspecified atom stereocenters. The zero-order valence-corrected chi connectivity index (χ0v) is 13.4. The summed E-state index contributed by atoms with van der Waals surface area (Å²) in [5, 5.41) is 7.61. The largest absolute Gasteiger partial charge is 0.299 e. The van der Waals surface area contributed by atoms with Gasteiger partial charge in [0.1, 0.15) is 0 Å². The van der Waals surface area contributed by atoms with Crippen molar-refractivity contribution in [1.29, 1.82) is 0 Å². The molecule has 0 bridgehead atoms. The molecule has 0 saturated carbocycles. The van der Waals surface area contributed by atoms with Crippen LogP contribution in [0.2, 0.25) is 0 Å². The molecule has 1 N–H and O–H groups in total. The van der Waals surface area contributed by atoms with E-state index in [0.29, 0.717) is 5.56 Å². The Morgan fingerprint density at radius 1 is 1.04 bits per heavy atom. The van der Waals surface area contributed by atoms with Crippen LogP contribution >= 0.6 is 0 Å². The van der Waals surface area contributed by atoms with Crippen LogP contribution in [-0.2, 0) is 7.05 Å². The van der Waals surface area contributed by atoms with Crippen LogP contribution in [0, 0.1) is 11.6 Å². The van der Waals surface area contributed by atoms with Gasteiger partial charge in [0.05, 0.1) is 12.2 Å². The van der Waals surface area contributed by atoms with Gasteiger partial charge in [-0.1, -0.05) is 12.1 Å². The summed E-state index contributed by atoms with van der Waals surface area (Å²) in [4.78, 5) is 4.13. The van der Waals surface area contributed by atoms with Gasteiger partial charge in [0.15, 0.2) is 11.6 Å². The van der Waals surface area contributed by atoms with Crippen LogP contribution in [0.3, 0.4) is 0 Å². The van der Waals surface area contributed by atoms with Gasteiger partial charge in [-0.2, -0.15) is 5.10 Å². The van der Waals surface area contributed by atoms with Gasteiger partial charge in [-0.25, -0.2) is 8.78 Å². The first-order valence-electron chi connectivity index (χ1n) is 7.64. The summed E-state index contributed by atoms with van der Waals surface area (Å²) in [5.74, 6) is -1.72. The minimum absolute atomic E-state index is 0.0305. The summed E-state index contributed by atoms with van der Waals surface area (Å²) in [7, 11) is 1.85. The Hall–Kier alpha value is -2.60. The molecule has 3 aromatic rings. The van der Waals surface area contributed by atoms with E-state index in [0.717, 1.165) is 17.2 Å². The Morgan fingerprint density at radius 2 is 1.88 bits per heavy atom. The SMILES string of the molecule is C[C@H](N[C@H](c1cccnc1)c1ccc(F)c(F)c1)c1cnn(C)c1. The zero-order valence-electron chi connectivity index (χ0n) is 13.4. The monoisotopic (exact) mass is 328 g/mol. The topological polar surface area (TPSA) is 42.7 Å². The summed E-state index contributed by atoms with van der Waals surface area (Å²) in [6.07, 6.45) is 7.09. The number of benzene rings is 1. The van der Waals surface area contributed by atoms with Crippen molar-refractivity contribution in [2.45, 2.75) is 19.0 Å². The van der Waals surface area contributed by atoms with E-state index in [9.17, 15) is 8.78 Å². The van der Waals surface area contributed by atoms with Crippen LogP contribution in [0.15, 0.2) is 55.1 Å². The van der Waals surface area contributed by atoms with Crippen molar-refractivity contribution in [3.05, 3.63) is 83.4 Å². The maximum atomic E-state index is 13.7. The van der Waals surface area contributed by atoms with Crippen LogP contribution in [0.5, 0.6) is 0 Å². The van der Waals surface area contributed by atoms with Gasteiger partial charge in [-0.3, -0.25) is 15.0 Å². The number of hydrogen-bond donors (Lipinski definition) is 1. The van der Waals surface area contributed by atoms with E-state index in [1.54, 1.807) is 29.3 Å². The predicted molar refractivity (Wildman–Crippen MR) is 87.2 cm³/mol. The molecule has 0 radical (unpaired) electrons. The predicted octanol–water partition coefficient (Wildman–Crippen LogP) is 3.53. The molecular formula is C18H18F2N4. The van der Waals surface area contributed by atoms with Gasteiger partial charge in [0, 0.05) is 37.2 Å². The lowest BCUT2D eigenvalue weighted by molar-refractivity contribution is 0.491. The third-order valence-corrected chi connectivity index (χ3v) is 3.94. The van der Waals surface area contributed by atoms with E-state index >= 15 is 0 Å². The molecule has 0 aliphatic carbocycles. The summed E-state index contributed by atoms with van der Waals surface area (Å²) < 4.78 is 28.7. The smallest absolute Gasteiger partial charge is 0.159 e. The molecule has 2 aromatic heterocycles. The molecule has 0 spiro atoms. The molecule has 0 aliphatic heterocycles. The number of nitrogens with one attached hydrogen (secondary N) is 1. The number of aryl methyl sites for hydroxylation is 1. The maximum absolute atomic E-state index is 13.7. The fourth-order valence-corrected chi connectivity index (χ4v) is 2.63. The van der Waals surface area contributed by atoms with Crippen LogP contribution in [0.25, 0.3) is 0 Å². The maximum Gasteiger partial charge on any atom is 0.159 e. The Labute approximate surface area is 139 Å². The summed E-state index contributed by atoms with van der Waals surface area (Å²) in [6.45, 7) is 2.00. The van der Waals surface area contributed by atoms with Gasteiger partial charge in [-0.05, 0) is 36.2 Å². The van der Waals surface area contributed by atoms with E-state index in [1.165, 1.54) is 6.07 Å². The van der Waals surface area contributed by atoms with Crippen molar-refractivity contribution in [2.75, 3.05) is 0 Å². The minimum Gasteiger partial charge on any atom is -0.299 e. The van der Waals surface area contributed by atoms with Crippen molar-refractivity contribution in [2.24, 2.45) is 7.05 Å². The lowest BCUT2D eigenvalue weighted by atomic mass is 9.98. The van der Waals surface area contributed by atoms with Crippen LogP contribution < -0.4 is 5.32 Å². The van der Waals surface area contributed by atoms with E-state index in [2.05, 4.69) is 15.4 Å². The minimum atomic E-state index is -0.864. The van der Waals surface area contributed by atoms with Gasteiger partial charge in [0.2, 0.25) is 0 Å². The van der Waals surface area contributed by atoms with Crippen LogP contribution in [0.4, 0.5) is 8.78 Å². The number of pyridine rings is 1. The number of rotatable bonds is 5. The number of hydrogen-bond acceptors (Lipinski definition) is 3. The molecule has 2 atom stereocenters. The van der Waals surface area contributed by atoms with E-state index in [-0.39, 0.29) is 12.1 Å². The highest BCUT2D eigenvalue weighted by atomic mass is 19.2. The number of halogens is 2. The van der Waals surface area contributed by atoms with Gasteiger partial charge < -0.3 is 0 Å². The first-order valence-corrected chi connectivity index (χ1v) is 7.64. The third kappa shape index (κ3) is 3.49. The van der Waals surface area contributed by atoms with Crippen molar-refractivity contribution in [3.63, 3.8) is 0 Å². The molecule has 3 rings (SSSR count). The van der Waals surface area contributed by atoms with Crippen LogP contribution in [-0.4, -0.2) is 14.8 Å². The quantitative estimate of drug-likeness (QED) is 0.779. The summed E-state index contributed by atoms with van der Waals surface area (Å²) in [5.41, 5.74) is 2.52. The highest BCUT2D eigenvalue weighted by Gasteiger charge is 2.19. The fraction of sp³-hybridized carbons (Fsp3) is 0.222. The average Bonchev–Trinajstić information content (AvgIpc) is 3.02. The molecule has 0 saturated heterocycles. The lowest BCUT2D eigenvalue weighted by Crippen LogP contribution is -2.25. The first-order chi connectivity index (χ1) is 11.5. The van der Waals surface area contributed by atoms with Gasteiger partial charge in [0.25, 0.3) is 0 Å². The van der Waals surface area contributed by atoms with Crippen molar-refractivity contribution in [3.8, 4) is 0 Å². The van der Waals surface area contributed by atoms with E-state index in [4.69, 9.17) is 0 Å². The Balaban J connectivity index is 1.94. The average molecular weight is 328 g/mol. The zero-order chi connectivity index (χ0) is 17.1. The molecule has 124 valence electrons. The van der Waals surface area contributed by atoms with Crippen molar-refractivity contribution >= 4 is 0 Å². The Kier molecular flexibility index (Phi) is 4.66. The molecule has 2 heterocycles. The first kappa shape index (κ1) is 16.3. The number of nitrogens with zero attached hydrogens (tertiary/aromatic N) is 3. The summed E-state index contributed by atoms with van der Waals surface area (Å²) in [6, 6.07) is 7.32. The Morgan fingerprint density at radius 3 is 2.50 bits per heavy atom. The third-order valence-electron chi connectivity index (χ3n) is 3.94.